The Morgan fingerprint density at radius 3 is 2.06 bits per heavy atom. The van der Waals surface area contributed by atoms with Gasteiger partial charge in [0.2, 0.25) is 0 Å². The minimum atomic E-state index is -0.433. The van der Waals surface area contributed by atoms with E-state index >= 15 is 0 Å². The predicted octanol–water partition coefficient (Wildman–Crippen LogP) is 4.03. The lowest BCUT2D eigenvalue weighted by Crippen LogP contribution is -2.51. The van der Waals surface area contributed by atoms with Gasteiger partial charge in [0.25, 0.3) is 0 Å². The highest BCUT2D eigenvalue weighted by Gasteiger charge is 2.51. The maximum absolute atomic E-state index is 12.3. The fourth-order valence-electron chi connectivity index (χ4n) is 4.87. The third-order valence-electron chi connectivity index (χ3n) is 7.71. The maximum Gasteiger partial charge on any atom is 0.494 e. The zero-order valence-electron chi connectivity index (χ0n) is 21.5. The van der Waals surface area contributed by atoms with E-state index in [1.807, 2.05) is 25.7 Å². The van der Waals surface area contributed by atoms with Gasteiger partial charge in [-0.1, -0.05) is 24.3 Å². The molecule has 6 nitrogen and oxygen atoms in total. The number of rotatable bonds is 4. The summed E-state index contributed by atoms with van der Waals surface area (Å²) >= 11 is 0. The molecule has 2 heterocycles. The summed E-state index contributed by atoms with van der Waals surface area (Å²) in [5, 5.41) is 0. The molecule has 0 N–H and O–H groups in total. The van der Waals surface area contributed by atoms with Crippen molar-refractivity contribution in [3.63, 3.8) is 0 Å². The Kier molecular flexibility index (Phi) is 6.62. The van der Waals surface area contributed by atoms with E-state index in [0.29, 0.717) is 5.92 Å². The van der Waals surface area contributed by atoms with Gasteiger partial charge in [0.1, 0.15) is 5.60 Å². The minimum Gasteiger partial charge on any atom is -0.444 e. The molecule has 0 radical (unpaired) electrons. The molecule has 0 atom stereocenters. The standard InChI is InChI=1S/C26H41BN2O4/c1-24(2,3)31-23(30)29-14-12-28(13-15-29)18-19-16-21(17-19)20-8-10-22(11-9-20)27-32-25(4,5)26(6,7)33-27/h8-11,19,21H,12-18H2,1-7H3. The summed E-state index contributed by atoms with van der Waals surface area (Å²) in [6, 6.07) is 8.84. The van der Waals surface area contributed by atoms with Gasteiger partial charge in [0, 0.05) is 32.7 Å². The first-order valence-corrected chi connectivity index (χ1v) is 12.5. The number of nitrogens with zero attached hydrogens (tertiary/aromatic N) is 2. The molecule has 0 aromatic heterocycles. The van der Waals surface area contributed by atoms with Crippen molar-refractivity contribution in [2.45, 2.75) is 84.0 Å². The van der Waals surface area contributed by atoms with Gasteiger partial charge in [-0.15, -0.1) is 0 Å². The molecule has 182 valence electrons. The van der Waals surface area contributed by atoms with Crippen LogP contribution in [0.25, 0.3) is 0 Å². The van der Waals surface area contributed by atoms with Crippen LogP contribution < -0.4 is 5.46 Å². The summed E-state index contributed by atoms with van der Waals surface area (Å²) in [7, 11) is -0.294. The zero-order valence-corrected chi connectivity index (χ0v) is 21.5. The molecule has 33 heavy (non-hydrogen) atoms. The van der Waals surface area contributed by atoms with Crippen LogP contribution in [0.1, 0.15) is 72.8 Å². The van der Waals surface area contributed by atoms with Crippen LogP contribution in [0.3, 0.4) is 0 Å². The molecule has 1 aromatic carbocycles. The first-order valence-electron chi connectivity index (χ1n) is 12.5. The van der Waals surface area contributed by atoms with Gasteiger partial charge >= 0.3 is 13.2 Å². The summed E-state index contributed by atoms with van der Waals surface area (Å²) in [6.07, 6.45) is 2.29. The van der Waals surface area contributed by atoms with Crippen molar-refractivity contribution in [1.29, 1.82) is 0 Å². The number of benzene rings is 1. The maximum atomic E-state index is 12.3. The zero-order chi connectivity index (χ0) is 24.0. The normalized spacial score (nSPS) is 27.4. The average Bonchev–Trinajstić information content (AvgIpc) is 2.91. The molecule has 4 rings (SSSR count). The van der Waals surface area contributed by atoms with Crippen LogP contribution in [0.2, 0.25) is 0 Å². The van der Waals surface area contributed by atoms with Crippen LogP contribution in [0.15, 0.2) is 24.3 Å². The Labute approximate surface area is 200 Å². The summed E-state index contributed by atoms with van der Waals surface area (Å²) in [5.74, 6) is 1.39. The molecule has 0 spiro atoms. The van der Waals surface area contributed by atoms with Gasteiger partial charge in [-0.25, -0.2) is 4.79 Å². The lowest BCUT2D eigenvalue weighted by atomic mass is 9.70. The van der Waals surface area contributed by atoms with Crippen LogP contribution in [0.4, 0.5) is 4.79 Å². The van der Waals surface area contributed by atoms with E-state index in [1.165, 1.54) is 18.4 Å². The minimum absolute atomic E-state index is 0.185. The van der Waals surface area contributed by atoms with Crippen LogP contribution in [0.5, 0.6) is 0 Å². The quantitative estimate of drug-likeness (QED) is 0.641. The van der Waals surface area contributed by atoms with Crippen molar-refractivity contribution in [2.24, 2.45) is 5.92 Å². The third-order valence-corrected chi connectivity index (χ3v) is 7.71. The molecule has 0 unspecified atom stereocenters. The fraction of sp³-hybridized carbons (Fsp3) is 0.731. The highest BCUT2D eigenvalue weighted by atomic mass is 16.7. The Morgan fingerprint density at radius 1 is 1.00 bits per heavy atom. The lowest BCUT2D eigenvalue weighted by Gasteiger charge is -2.42. The average molecular weight is 456 g/mol. The molecule has 1 aliphatic carbocycles. The van der Waals surface area contributed by atoms with Crippen LogP contribution in [0, 0.1) is 5.92 Å². The Bertz CT molecular complexity index is 819. The Hall–Kier alpha value is -1.57. The molecular weight excluding hydrogens is 415 g/mol. The van der Waals surface area contributed by atoms with E-state index in [2.05, 4.69) is 56.9 Å². The van der Waals surface area contributed by atoms with Gasteiger partial charge in [-0.05, 0) is 84.2 Å². The smallest absolute Gasteiger partial charge is 0.444 e. The summed E-state index contributed by atoms with van der Waals surface area (Å²) in [6.45, 7) is 18.6. The van der Waals surface area contributed by atoms with Crippen molar-refractivity contribution in [2.75, 3.05) is 32.7 Å². The fourth-order valence-corrected chi connectivity index (χ4v) is 4.87. The topological polar surface area (TPSA) is 51.2 Å². The van der Waals surface area contributed by atoms with Gasteiger partial charge < -0.3 is 18.9 Å². The number of carbonyl (C=O) groups excluding carboxylic acids is 1. The monoisotopic (exact) mass is 456 g/mol. The molecule has 3 fully saturated rings. The highest BCUT2D eigenvalue weighted by molar-refractivity contribution is 6.62. The van der Waals surface area contributed by atoms with E-state index in [1.54, 1.807) is 0 Å². The Morgan fingerprint density at radius 2 is 1.55 bits per heavy atom. The van der Waals surface area contributed by atoms with Gasteiger partial charge in [-0.2, -0.15) is 0 Å². The summed E-state index contributed by atoms with van der Waals surface area (Å²) in [4.78, 5) is 16.6. The van der Waals surface area contributed by atoms with E-state index in [4.69, 9.17) is 14.0 Å². The van der Waals surface area contributed by atoms with Crippen LogP contribution >= 0.6 is 0 Å². The van der Waals surface area contributed by atoms with Crippen LogP contribution in [-0.4, -0.2) is 72.5 Å². The predicted molar refractivity (Wildman–Crippen MR) is 132 cm³/mol. The van der Waals surface area contributed by atoms with Crippen LogP contribution in [-0.2, 0) is 14.0 Å². The summed E-state index contributed by atoms with van der Waals surface area (Å²) < 4.78 is 17.9. The second-order valence-corrected chi connectivity index (χ2v) is 12.1. The van der Waals surface area contributed by atoms with E-state index in [0.717, 1.165) is 44.1 Å². The first kappa shape index (κ1) is 24.6. The molecule has 3 aliphatic rings. The number of carbonyl (C=O) groups is 1. The van der Waals surface area contributed by atoms with Crippen molar-refractivity contribution in [3.05, 3.63) is 29.8 Å². The molecule has 1 aromatic rings. The molecule has 1 amide bonds. The second-order valence-electron chi connectivity index (χ2n) is 12.1. The number of piperazine rings is 1. The largest absolute Gasteiger partial charge is 0.494 e. The number of hydrogen-bond acceptors (Lipinski definition) is 5. The molecule has 2 saturated heterocycles. The SMILES string of the molecule is CC(C)(C)OC(=O)N1CCN(CC2CC(c3ccc(B4OC(C)(C)C(C)(C)O4)cc3)C2)CC1. The van der Waals surface area contributed by atoms with Crippen molar-refractivity contribution in [1.82, 2.24) is 9.80 Å². The van der Waals surface area contributed by atoms with Crippen molar-refractivity contribution >= 4 is 18.7 Å². The molecule has 7 heteroatoms. The third kappa shape index (κ3) is 5.58. The van der Waals surface area contributed by atoms with Gasteiger partial charge in [-0.3, -0.25) is 4.90 Å². The number of amides is 1. The van der Waals surface area contributed by atoms with Crippen molar-refractivity contribution in [3.8, 4) is 0 Å². The van der Waals surface area contributed by atoms with E-state index in [-0.39, 0.29) is 24.4 Å². The van der Waals surface area contributed by atoms with Gasteiger partial charge in [0.05, 0.1) is 11.2 Å². The molecule has 0 bridgehead atoms. The number of ether oxygens (including phenoxy) is 1. The van der Waals surface area contributed by atoms with E-state index in [9.17, 15) is 4.79 Å². The molecule has 1 saturated carbocycles. The molecule has 2 aliphatic heterocycles. The highest BCUT2D eigenvalue weighted by Crippen LogP contribution is 2.42. The lowest BCUT2D eigenvalue weighted by molar-refractivity contribution is 0.00578. The number of hydrogen-bond donors (Lipinski definition) is 0. The van der Waals surface area contributed by atoms with Crippen molar-refractivity contribution < 1.29 is 18.8 Å². The first-order chi connectivity index (χ1) is 15.3. The summed E-state index contributed by atoms with van der Waals surface area (Å²) in [5.41, 5.74) is 1.46. The Balaban J connectivity index is 1.20. The van der Waals surface area contributed by atoms with Gasteiger partial charge in [0.15, 0.2) is 0 Å². The second kappa shape index (κ2) is 8.90. The molecular formula is C26H41BN2O4. The van der Waals surface area contributed by atoms with E-state index < -0.39 is 5.60 Å².